The van der Waals surface area contributed by atoms with Gasteiger partial charge in [-0.05, 0) is 12.1 Å². The molecule has 0 aliphatic rings. The van der Waals surface area contributed by atoms with E-state index in [1.165, 1.54) is 10.6 Å². The molecule has 0 fully saturated rings. The molecule has 0 atom stereocenters. The third kappa shape index (κ3) is 2.25. The van der Waals surface area contributed by atoms with E-state index < -0.39 is 23.3 Å². The molecule has 108 valence electrons. The zero-order chi connectivity index (χ0) is 15.1. The number of halogens is 5. The number of alkyl halides is 1. The van der Waals surface area contributed by atoms with Crippen LogP contribution in [0.1, 0.15) is 5.82 Å². The van der Waals surface area contributed by atoms with Gasteiger partial charge in [-0.3, -0.25) is 4.57 Å². The van der Waals surface area contributed by atoms with Crippen LogP contribution in [-0.2, 0) is 5.88 Å². The maximum Gasteiger partial charge on any atom is 0.160 e. The molecule has 0 amide bonds. The number of aromatic nitrogens is 2. The highest BCUT2D eigenvalue weighted by molar-refractivity contribution is 6.17. The first-order valence-electron chi connectivity index (χ1n) is 5.89. The Kier molecular flexibility index (Phi) is 3.33. The fraction of sp³-hybridized carbons (Fsp3) is 0.0714. The van der Waals surface area contributed by atoms with Gasteiger partial charge in [-0.1, -0.05) is 0 Å². The van der Waals surface area contributed by atoms with Gasteiger partial charge in [0.2, 0.25) is 0 Å². The van der Waals surface area contributed by atoms with Crippen molar-refractivity contribution in [2.24, 2.45) is 0 Å². The highest BCUT2D eigenvalue weighted by Crippen LogP contribution is 2.26. The fourth-order valence-electron chi connectivity index (χ4n) is 2.15. The van der Waals surface area contributed by atoms with Gasteiger partial charge in [-0.25, -0.2) is 22.5 Å². The molecule has 7 heteroatoms. The van der Waals surface area contributed by atoms with E-state index in [-0.39, 0.29) is 28.4 Å². The van der Waals surface area contributed by atoms with Crippen molar-refractivity contribution >= 4 is 22.6 Å². The summed E-state index contributed by atoms with van der Waals surface area (Å²) in [6.07, 6.45) is 0. The standard InChI is InChI=1S/C14H7ClF4N2/c15-6-13-20-14-11(19)3-7(16)4-12(14)21(13)8-1-2-9(17)10(18)5-8/h1-5H,6H2. The molecule has 0 radical (unpaired) electrons. The lowest BCUT2D eigenvalue weighted by atomic mass is 10.2. The highest BCUT2D eigenvalue weighted by Gasteiger charge is 2.17. The summed E-state index contributed by atoms with van der Waals surface area (Å²) in [7, 11) is 0. The minimum Gasteiger partial charge on any atom is -0.295 e. The Morgan fingerprint density at radius 3 is 2.38 bits per heavy atom. The Morgan fingerprint density at radius 2 is 1.71 bits per heavy atom. The third-order valence-corrected chi connectivity index (χ3v) is 3.27. The zero-order valence-corrected chi connectivity index (χ0v) is 11.1. The highest BCUT2D eigenvalue weighted by atomic mass is 35.5. The summed E-state index contributed by atoms with van der Waals surface area (Å²) in [5.74, 6) is -3.65. The minimum atomic E-state index is -1.08. The molecular weight excluding hydrogens is 308 g/mol. The van der Waals surface area contributed by atoms with Crippen LogP contribution in [-0.4, -0.2) is 9.55 Å². The second kappa shape index (κ2) is 5.04. The topological polar surface area (TPSA) is 17.8 Å². The number of rotatable bonds is 2. The van der Waals surface area contributed by atoms with Crippen LogP contribution < -0.4 is 0 Å². The molecule has 0 saturated carbocycles. The molecule has 3 rings (SSSR count). The van der Waals surface area contributed by atoms with Gasteiger partial charge < -0.3 is 0 Å². The van der Waals surface area contributed by atoms with E-state index in [1.807, 2.05) is 0 Å². The van der Waals surface area contributed by atoms with Crippen LogP contribution in [0.5, 0.6) is 0 Å². The predicted octanol–water partition coefficient (Wildman–Crippen LogP) is 4.32. The van der Waals surface area contributed by atoms with Gasteiger partial charge in [0.15, 0.2) is 17.5 Å². The molecule has 0 bridgehead atoms. The molecule has 0 aliphatic carbocycles. The molecule has 1 aromatic heterocycles. The van der Waals surface area contributed by atoms with Crippen molar-refractivity contribution in [1.29, 1.82) is 0 Å². The lowest BCUT2D eigenvalue weighted by Gasteiger charge is -2.08. The molecule has 0 saturated heterocycles. The van der Waals surface area contributed by atoms with E-state index in [0.29, 0.717) is 6.07 Å². The third-order valence-electron chi connectivity index (χ3n) is 3.03. The maximum atomic E-state index is 13.7. The number of nitrogens with zero attached hydrogens (tertiary/aromatic N) is 2. The summed E-state index contributed by atoms with van der Waals surface area (Å²) in [6, 6.07) is 4.86. The minimum absolute atomic E-state index is 0.0863. The number of benzene rings is 2. The second-order valence-corrected chi connectivity index (χ2v) is 4.62. The van der Waals surface area contributed by atoms with Gasteiger partial charge >= 0.3 is 0 Å². The summed E-state index contributed by atoms with van der Waals surface area (Å²) in [4.78, 5) is 3.97. The molecular formula is C14H7ClF4N2. The lowest BCUT2D eigenvalue weighted by molar-refractivity contribution is 0.508. The van der Waals surface area contributed by atoms with Gasteiger partial charge in [0, 0.05) is 18.2 Å². The van der Waals surface area contributed by atoms with E-state index in [9.17, 15) is 17.6 Å². The second-order valence-electron chi connectivity index (χ2n) is 4.35. The maximum absolute atomic E-state index is 13.7. The molecule has 0 N–H and O–H groups in total. The van der Waals surface area contributed by atoms with Crippen molar-refractivity contribution in [2.45, 2.75) is 5.88 Å². The SMILES string of the molecule is Fc1cc(F)c2nc(CCl)n(-c3ccc(F)c(F)c3)c2c1. The van der Waals surface area contributed by atoms with Gasteiger partial charge in [0.25, 0.3) is 0 Å². The Bertz CT molecular complexity index is 845. The molecule has 1 heterocycles. The van der Waals surface area contributed by atoms with Crippen molar-refractivity contribution < 1.29 is 17.6 Å². The number of hydrogen-bond acceptors (Lipinski definition) is 1. The molecule has 3 aromatic rings. The largest absolute Gasteiger partial charge is 0.295 e. The van der Waals surface area contributed by atoms with Crippen LogP contribution in [0.25, 0.3) is 16.7 Å². The van der Waals surface area contributed by atoms with Crippen molar-refractivity contribution in [1.82, 2.24) is 9.55 Å². The summed E-state index contributed by atoms with van der Waals surface area (Å²) >= 11 is 5.75. The Hall–Kier alpha value is -2.08. The zero-order valence-electron chi connectivity index (χ0n) is 10.4. The first-order chi connectivity index (χ1) is 10.0. The van der Waals surface area contributed by atoms with Crippen LogP contribution >= 0.6 is 11.6 Å². The Morgan fingerprint density at radius 1 is 0.952 bits per heavy atom. The van der Waals surface area contributed by atoms with Crippen LogP contribution in [0.3, 0.4) is 0 Å². The van der Waals surface area contributed by atoms with Crippen LogP contribution in [0.4, 0.5) is 17.6 Å². The van der Waals surface area contributed by atoms with Crippen molar-refractivity contribution in [3.05, 3.63) is 59.4 Å². The average Bonchev–Trinajstić information content (AvgIpc) is 2.80. The van der Waals surface area contributed by atoms with Crippen molar-refractivity contribution in [2.75, 3.05) is 0 Å². The van der Waals surface area contributed by atoms with Crippen LogP contribution in [0.15, 0.2) is 30.3 Å². The molecule has 0 aliphatic heterocycles. The fourth-order valence-corrected chi connectivity index (χ4v) is 2.33. The quantitative estimate of drug-likeness (QED) is 0.509. The van der Waals surface area contributed by atoms with Gasteiger partial charge in [0.1, 0.15) is 17.2 Å². The molecule has 2 nitrogen and oxygen atoms in total. The summed E-state index contributed by atoms with van der Waals surface area (Å²) in [6.45, 7) is 0. The molecule has 21 heavy (non-hydrogen) atoms. The number of hydrogen-bond donors (Lipinski definition) is 0. The molecule has 0 spiro atoms. The van der Waals surface area contributed by atoms with Gasteiger partial charge in [0.05, 0.1) is 17.1 Å². The molecule has 2 aromatic carbocycles. The van der Waals surface area contributed by atoms with Crippen molar-refractivity contribution in [3.8, 4) is 5.69 Å². The summed E-state index contributed by atoms with van der Waals surface area (Å²) in [5.41, 5.74) is 0.183. The Balaban J connectivity index is 2.36. The van der Waals surface area contributed by atoms with Crippen molar-refractivity contribution in [3.63, 3.8) is 0 Å². The lowest BCUT2D eigenvalue weighted by Crippen LogP contribution is -2.01. The van der Waals surface area contributed by atoms with E-state index in [1.54, 1.807) is 0 Å². The normalized spacial score (nSPS) is 11.3. The van der Waals surface area contributed by atoms with E-state index in [2.05, 4.69) is 4.98 Å². The number of imidazole rings is 1. The summed E-state index contributed by atoms with van der Waals surface area (Å²) < 4.78 is 54.8. The molecule has 0 unspecified atom stereocenters. The Labute approximate surface area is 121 Å². The van der Waals surface area contributed by atoms with E-state index in [0.717, 1.165) is 18.2 Å². The monoisotopic (exact) mass is 314 g/mol. The van der Waals surface area contributed by atoms with E-state index >= 15 is 0 Å². The van der Waals surface area contributed by atoms with Gasteiger partial charge in [-0.15, -0.1) is 11.6 Å². The predicted molar refractivity (Wildman–Crippen MR) is 70.5 cm³/mol. The number of fused-ring (bicyclic) bond motifs is 1. The smallest absolute Gasteiger partial charge is 0.160 e. The van der Waals surface area contributed by atoms with Crippen LogP contribution in [0.2, 0.25) is 0 Å². The average molecular weight is 315 g/mol. The van der Waals surface area contributed by atoms with E-state index in [4.69, 9.17) is 11.6 Å². The van der Waals surface area contributed by atoms with Crippen LogP contribution in [0, 0.1) is 23.3 Å². The summed E-state index contributed by atoms with van der Waals surface area (Å²) in [5, 5.41) is 0. The first kappa shape index (κ1) is 13.9. The first-order valence-corrected chi connectivity index (χ1v) is 6.42. The van der Waals surface area contributed by atoms with Gasteiger partial charge in [-0.2, -0.15) is 0 Å².